The van der Waals surface area contributed by atoms with E-state index < -0.39 is 0 Å². The fraction of sp³-hybridized carbons (Fsp3) is 0.259. The minimum Gasteiger partial charge on any atom is -0.385 e. The number of benzene rings is 3. The van der Waals surface area contributed by atoms with Gasteiger partial charge >= 0.3 is 0 Å². The van der Waals surface area contributed by atoms with Crippen molar-refractivity contribution in [3.63, 3.8) is 0 Å². The predicted octanol–water partition coefficient (Wildman–Crippen LogP) is 4.26. The van der Waals surface area contributed by atoms with E-state index in [2.05, 4.69) is 22.8 Å². The van der Waals surface area contributed by atoms with Crippen LogP contribution in [0.3, 0.4) is 0 Å². The van der Waals surface area contributed by atoms with Crippen LogP contribution < -0.4 is 10.6 Å². The van der Waals surface area contributed by atoms with Gasteiger partial charge < -0.3 is 20.3 Å². The first-order chi connectivity index (χ1) is 16.2. The number of hydrogen-bond acceptors (Lipinski definition) is 4. The molecule has 1 unspecified atom stereocenters. The molecule has 0 aromatic heterocycles. The zero-order valence-electron chi connectivity index (χ0n) is 18.8. The summed E-state index contributed by atoms with van der Waals surface area (Å²) in [5.74, 6) is -0.108. The van der Waals surface area contributed by atoms with E-state index in [1.807, 2.05) is 65.6 Å². The summed E-state index contributed by atoms with van der Waals surface area (Å²) in [4.78, 5) is 27.5. The molecular weight excluding hydrogens is 414 g/mol. The molecule has 1 aliphatic rings. The molecule has 170 valence electrons. The molecule has 2 N–H and O–H groups in total. The van der Waals surface area contributed by atoms with E-state index in [0.717, 1.165) is 24.1 Å². The average Bonchev–Trinajstić information content (AvgIpc) is 3.11. The number of hydrogen-bond donors (Lipinski definition) is 2. The van der Waals surface area contributed by atoms with Gasteiger partial charge in [-0.25, -0.2) is 0 Å². The monoisotopic (exact) mass is 443 g/mol. The Hall–Kier alpha value is -3.64. The maximum atomic E-state index is 13.0. The highest BCUT2D eigenvalue weighted by Gasteiger charge is 2.36. The maximum Gasteiger partial charge on any atom is 0.256 e. The molecule has 0 bridgehead atoms. The highest BCUT2D eigenvalue weighted by molar-refractivity contribution is 5.99. The van der Waals surface area contributed by atoms with E-state index in [1.54, 1.807) is 13.2 Å². The minimum absolute atomic E-state index is 0.00835. The smallest absolute Gasteiger partial charge is 0.256 e. The number of ether oxygens (including phenoxy) is 1. The Labute approximate surface area is 194 Å². The van der Waals surface area contributed by atoms with Gasteiger partial charge in [0.25, 0.3) is 11.8 Å². The van der Waals surface area contributed by atoms with Gasteiger partial charge in [0.05, 0.1) is 0 Å². The second kappa shape index (κ2) is 10.8. The first-order valence-corrected chi connectivity index (χ1v) is 11.2. The van der Waals surface area contributed by atoms with Crippen LogP contribution in [0.15, 0.2) is 78.9 Å². The lowest BCUT2D eigenvalue weighted by molar-refractivity contribution is 0.0721. The summed E-state index contributed by atoms with van der Waals surface area (Å²) in [6.07, 6.45) is 1.24. The lowest BCUT2D eigenvalue weighted by atomic mass is 10.1. The topological polar surface area (TPSA) is 70.7 Å². The number of nitrogens with zero attached hydrogens (tertiary/aromatic N) is 1. The van der Waals surface area contributed by atoms with Gasteiger partial charge in [0.2, 0.25) is 0 Å². The normalized spacial score (nSPS) is 14.8. The van der Waals surface area contributed by atoms with Gasteiger partial charge in [0.1, 0.15) is 6.17 Å². The van der Waals surface area contributed by atoms with Gasteiger partial charge in [-0.1, -0.05) is 54.6 Å². The van der Waals surface area contributed by atoms with E-state index in [4.69, 9.17) is 4.74 Å². The Bertz CT molecular complexity index is 1100. The number of amides is 2. The Kier molecular flexibility index (Phi) is 7.37. The molecule has 0 saturated carbocycles. The lowest BCUT2D eigenvalue weighted by Crippen LogP contribution is -2.33. The first kappa shape index (κ1) is 22.6. The summed E-state index contributed by atoms with van der Waals surface area (Å²) in [6, 6.07) is 25.1. The van der Waals surface area contributed by atoms with Crippen molar-refractivity contribution in [3.05, 3.63) is 101 Å². The van der Waals surface area contributed by atoms with Gasteiger partial charge in [0.15, 0.2) is 0 Å². The van der Waals surface area contributed by atoms with Gasteiger partial charge in [-0.3, -0.25) is 9.59 Å². The van der Waals surface area contributed by atoms with Crippen LogP contribution in [0.4, 0.5) is 5.69 Å². The number of nitrogens with one attached hydrogen (secondary N) is 2. The van der Waals surface area contributed by atoms with Gasteiger partial charge in [-0.15, -0.1) is 0 Å². The molecule has 3 aromatic carbocycles. The Morgan fingerprint density at radius 2 is 1.79 bits per heavy atom. The number of carbonyl (C=O) groups is 2. The highest BCUT2D eigenvalue weighted by atomic mass is 16.5. The summed E-state index contributed by atoms with van der Waals surface area (Å²) in [5.41, 5.74) is 4.21. The van der Waals surface area contributed by atoms with Crippen LogP contribution >= 0.6 is 0 Å². The van der Waals surface area contributed by atoms with Crippen molar-refractivity contribution in [2.45, 2.75) is 19.0 Å². The summed E-state index contributed by atoms with van der Waals surface area (Å²) < 4.78 is 5.17. The van der Waals surface area contributed by atoms with Crippen molar-refractivity contribution in [2.75, 3.05) is 32.1 Å². The van der Waals surface area contributed by atoms with Crippen molar-refractivity contribution < 1.29 is 14.3 Å². The Morgan fingerprint density at radius 1 is 1.00 bits per heavy atom. The quantitative estimate of drug-likeness (QED) is 0.459. The largest absolute Gasteiger partial charge is 0.385 e. The van der Waals surface area contributed by atoms with Gasteiger partial charge in [0, 0.05) is 49.2 Å². The Morgan fingerprint density at radius 3 is 2.61 bits per heavy atom. The maximum absolute atomic E-state index is 13.0. The van der Waals surface area contributed by atoms with Crippen LogP contribution in [0.1, 0.15) is 44.4 Å². The number of methoxy groups -OCH3 is 1. The molecule has 0 spiro atoms. The van der Waals surface area contributed by atoms with Crippen LogP contribution in [0.25, 0.3) is 0 Å². The molecular formula is C27H29N3O3. The second-order valence-electron chi connectivity index (χ2n) is 8.05. The summed E-state index contributed by atoms with van der Waals surface area (Å²) in [5, 5.41) is 6.45. The summed E-state index contributed by atoms with van der Waals surface area (Å²) >= 11 is 0. The lowest BCUT2D eigenvalue weighted by Gasteiger charge is -2.27. The van der Waals surface area contributed by atoms with Crippen LogP contribution in [0, 0.1) is 0 Å². The molecule has 0 fully saturated rings. The van der Waals surface area contributed by atoms with Crippen LogP contribution in [0.5, 0.6) is 0 Å². The average molecular weight is 444 g/mol. The Balaban J connectivity index is 1.44. The van der Waals surface area contributed by atoms with E-state index in [-0.39, 0.29) is 18.0 Å². The summed E-state index contributed by atoms with van der Waals surface area (Å²) in [6.45, 7) is 1.74. The van der Waals surface area contributed by atoms with Crippen molar-refractivity contribution in [3.8, 4) is 0 Å². The molecule has 0 saturated heterocycles. The molecule has 4 rings (SSSR count). The molecule has 0 radical (unpaired) electrons. The van der Waals surface area contributed by atoms with Crippen LogP contribution in [-0.2, 0) is 11.2 Å². The molecule has 33 heavy (non-hydrogen) atoms. The molecule has 0 aliphatic carbocycles. The number of carbonyl (C=O) groups excluding carboxylic acids is 2. The molecule has 1 atom stereocenters. The molecule has 1 aliphatic heterocycles. The zero-order valence-corrected chi connectivity index (χ0v) is 18.8. The molecule has 2 amide bonds. The molecule has 3 aromatic rings. The first-order valence-electron chi connectivity index (χ1n) is 11.2. The SMILES string of the molecule is COCCCN1C(=O)c2ccccc2C1Nc1cccc(C(=O)NCCc2ccccc2)c1. The van der Waals surface area contributed by atoms with E-state index in [1.165, 1.54) is 5.56 Å². The van der Waals surface area contributed by atoms with Crippen LogP contribution in [-0.4, -0.2) is 43.5 Å². The summed E-state index contributed by atoms with van der Waals surface area (Å²) in [7, 11) is 1.66. The van der Waals surface area contributed by atoms with E-state index >= 15 is 0 Å². The highest BCUT2D eigenvalue weighted by Crippen LogP contribution is 2.34. The van der Waals surface area contributed by atoms with Gasteiger partial charge in [-0.05, 0) is 42.7 Å². The zero-order chi connectivity index (χ0) is 23.0. The number of anilines is 1. The third-order valence-electron chi connectivity index (χ3n) is 5.78. The van der Waals surface area contributed by atoms with Gasteiger partial charge in [-0.2, -0.15) is 0 Å². The molecule has 1 heterocycles. The van der Waals surface area contributed by atoms with Crippen molar-refractivity contribution >= 4 is 17.5 Å². The van der Waals surface area contributed by atoms with Crippen molar-refractivity contribution in [1.82, 2.24) is 10.2 Å². The van der Waals surface area contributed by atoms with E-state index in [0.29, 0.717) is 30.8 Å². The van der Waals surface area contributed by atoms with Crippen molar-refractivity contribution in [2.24, 2.45) is 0 Å². The number of fused-ring (bicyclic) bond motifs is 1. The number of rotatable bonds is 10. The van der Waals surface area contributed by atoms with Crippen molar-refractivity contribution in [1.29, 1.82) is 0 Å². The molecule has 6 nitrogen and oxygen atoms in total. The fourth-order valence-electron chi connectivity index (χ4n) is 4.11. The van der Waals surface area contributed by atoms with E-state index in [9.17, 15) is 9.59 Å². The molecule has 6 heteroatoms. The predicted molar refractivity (Wildman–Crippen MR) is 129 cm³/mol. The third kappa shape index (κ3) is 5.41. The third-order valence-corrected chi connectivity index (χ3v) is 5.78. The standard InChI is InChI=1S/C27H29N3O3/c1-33-18-8-17-30-25(23-13-5-6-14-24(23)27(30)32)29-22-12-7-11-21(19-22)26(31)28-16-15-20-9-3-2-4-10-20/h2-7,9-14,19,25,29H,8,15-18H2,1H3,(H,28,31). The fourth-order valence-corrected chi connectivity index (χ4v) is 4.11. The minimum atomic E-state index is -0.290. The van der Waals surface area contributed by atoms with Crippen LogP contribution in [0.2, 0.25) is 0 Å². The second-order valence-corrected chi connectivity index (χ2v) is 8.05.